The molecule has 0 aliphatic rings. The van der Waals surface area contributed by atoms with Gasteiger partial charge in [-0.05, 0) is 24.1 Å². The second-order valence-corrected chi connectivity index (χ2v) is 4.03. The number of halogens is 2. The van der Waals surface area contributed by atoms with Crippen LogP contribution in [0, 0.1) is 0 Å². The summed E-state index contributed by atoms with van der Waals surface area (Å²) < 4.78 is 0. The van der Waals surface area contributed by atoms with Crippen LogP contribution in [0.15, 0.2) is 12.1 Å². The molecule has 5 heteroatoms. The summed E-state index contributed by atoms with van der Waals surface area (Å²) in [6, 6.07) is 3.04. The fraction of sp³-hybridized carbons (Fsp3) is 0.300. The molecular weight excluding hydrogens is 237 g/mol. The first-order chi connectivity index (χ1) is 6.97. The Morgan fingerprint density at radius 3 is 2.60 bits per heavy atom. The van der Waals surface area contributed by atoms with Gasteiger partial charge >= 0.3 is 5.97 Å². The largest absolute Gasteiger partial charge is 0.481 e. The molecule has 15 heavy (non-hydrogen) atoms. The van der Waals surface area contributed by atoms with Gasteiger partial charge in [0.15, 0.2) is 0 Å². The van der Waals surface area contributed by atoms with Crippen molar-refractivity contribution >= 4 is 34.9 Å². The van der Waals surface area contributed by atoms with E-state index in [4.69, 9.17) is 34.0 Å². The van der Waals surface area contributed by atoms with Crippen LogP contribution in [0.4, 0.5) is 5.69 Å². The lowest BCUT2D eigenvalue weighted by molar-refractivity contribution is -0.138. The van der Waals surface area contributed by atoms with Gasteiger partial charge in [0.25, 0.3) is 0 Å². The molecule has 0 heterocycles. The third-order valence-electron chi connectivity index (χ3n) is 2.21. The van der Waals surface area contributed by atoms with Gasteiger partial charge in [0.1, 0.15) is 0 Å². The van der Waals surface area contributed by atoms with Crippen LogP contribution in [-0.2, 0) is 4.79 Å². The average Bonchev–Trinajstić information content (AvgIpc) is 2.13. The summed E-state index contributed by atoms with van der Waals surface area (Å²) in [6.07, 6.45) is 0.441. The van der Waals surface area contributed by atoms with E-state index in [-0.39, 0.29) is 10.7 Å². The molecule has 1 rings (SSSR count). The SMILES string of the molecule is CCC(C(=O)O)c1cc(Cl)cc(Cl)c1N. The molecule has 0 aliphatic carbocycles. The van der Waals surface area contributed by atoms with Gasteiger partial charge in [0.2, 0.25) is 0 Å². The molecule has 0 fully saturated rings. The highest BCUT2D eigenvalue weighted by atomic mass is 35.5. The van der Waals surface area contributed by atoms with Gasteiger partial charge in [0, 0.05) is 5.02 Å². The number of rotatable bonds is 3. The molecule has 1 aromatic carbocycles. The fourth-order valence-corrected chi connectivity index (χ4v) is 1.93. The standard InChI is InChI=1S/C10H11Cl2NO2/c1-2-6(10(14)15)7-3-5(11)4-8(12)9(7)13/h3-4,6H,2,13H2,1H3,(H,14,15). The summed E-state index contributed by atoms with van der Waals surface area (Å²) in [5.41, 5.74) is 6.47. The molecular formula is C10H11Cl2NO2. The second kappa shape index (κ2) is 4.73. The molecule has 0 spiro atoms. The topological polar surface area (TPSA) is 63.3 Å². The molecule has 3 N–H and O–H groups in total. The predicted molar refractivity (Wildman–Crippen MR) is 61.5 cm³/mol. The van der Waals surface area contributed by atoms with Crippen molar-refractivity contribution in [3.8, 4) is 0 Å². The van der Waals surface area contributed by atoms with E-state index in [1.807, 2.05) is 0 Å². The minimum Gasteiger partial charge on any atom is -0.481 e. The van der Waals surface area contributed by atoms with Crippen LogP contribution < -0.4 is 5.73 Å². The molecule has 0 radical (unpaired) electrons. The number of carboxylic acid groups (broad SMARTS) is 1. The Kier molecular flexibility index (Phi) is 3.83. The van der Waals surface area contributed by atoms with Crippen molar-refractivity contribution in [2.24, 2.45) is 0 Å². The van der Waals surface area contributed by atoms with Crippen LogP contribution in [-0.4, -0.2) is 11.1 Å². The fourth-order valence-electron chi connectivity index (χ4n) is 1.42. The lowest BCUT2D eigenvalue weighted by Crippen LogP contribution is -2.12. The van der Waals surface area contributed by atoms with Gasteiger partial charge in [-0.2, -0.15) is 0 Å². The van der Waals surface area contributed by atoms with Gasteiger partial charge in [-0.25, -0.2) is 0 Å². The van der Waals surface area contributed by atoms with Gasteiger partial charge in [-0.15, -0.1) is 0 Å². The monoisotopic (exact) mass is 247 g/mol. The Morgan fingerprint density at radius 1 is 1.53 bits per heavy atom. The van der Waals surface area contributed by atoms with Crippen LogP contribution in [0.2, 0.25) is 10.0 Å². The van der Waals surface area contributed by atoms with Crippen LogP contribution >= 0.6 is 23.2 Å². The highest BCUT2D eigenvalue weighted by molar-refractivity contribution is 6.36. The molecule has 1 aromatic rings. The quantitative estimate of drug-likeness (QED) is 0.807. The Balaban J connectivity index is 3.28. The van der Waals surface area contributed by atoms with Crippen molar-refractivity contribution in [2.75, 3.05) is 5.73 Å². The van der Waals surface area contributed by atoms with Crippen LogP contribution in [0.25, 0.3) is 0 Å². The zero-order valence-electron chi connectivity index (χ0n) is 8.13. The van der Waals surface area contributed by atoms with E-state index >= 15 is 0 Å². The second-order valence-electron chi connectivity index (χ2n) is 3.19. The molecule has 0 aliphatic heterocycles. The average molecular weight is 248 g/mol. The predicted octanol–water partition coefficient (Wildman–Crippen LogP) is 3.15. The molecule has 0 aromatic heterocycles. The number of hydrogen-bond donors (Lipinski definition) is 2. The molecule has 3 nitrogen and oxygen atoms in total. The summed E-state index contributed by atoms with van der Waals surface area (Å²) in [5, 5.41) is 9.67. The molecule has 0 amide bonds. The van der Waals surface area contributed by atoms with Crippen LogP contribution in [0.1, 0.15) is 24.8 Å². The summed E-state index contributed by atoms with van der Waals surface area (Å²) in [6.45, 7) is 1.77. The first kappa shape index (κ1) is 12.1. The summed E-state index contributed by atoms with van der Waals surface area (Å²) >= 11 is 11.6. The lowest BCUT2D eigenvalue weighted by atomic mass is 9.95. The third kappa shape index (κ3) is 2.55. The highest BCUT2D eigenvalue weighted by Gasteiger charge is 2.21. The van der Waals surface area contributed by atoms with E-state index in [0.29, 0.717) is 17.0 Å². The Labute approximate surface area is 97.8 Å². The van der Waals surface area contributed by atoms with Crippen LogP contribution in [0.5, 0.6) is 0 Å². The normalized spacial score (nSPS) is 12.5. The van der Waals surface area contributed by atoms with Gasteiger partial charge < -0.3 is 10.8 Å². The summed E-state index contributed by atoms with van der Waals surface area (Å²) in [4.78, 5) is 11.0. The number of hydrogen-bond acceptors (Lipinski definition) is 2. The number of nitrogen functional groups attached to an aromatic ring is 1. The van der Waals surface area contributed by atoms with E-state index in [2.05, 4.69) is 0 Å². The van der Waals surface area contributed by atoms with Crippen molar-refractivity contribution in [2.45, 2.75) is 19.3 Å². The number of carboxylic acids is 1. The number of anilines is 1. The number of nitrogens with two attached hydrogens (primary N) is 1. The van der Waals surface area contributed by atoms with Gasteiger partial charge in [0.05, 0.1) is 16.6 Å². The molecule has 0 saturated heterocycles. The van der Waals surface area contributed by atoms with Crippen molar-refractivity contribution < 1.29 is 9.90 Å². The minimum atomic E-state index is -0.928. The Bertz CT molecular complexity index is 393. The van der Waals surface area contributed by atoms with E-state index in [1.165, 1.54) is 6.07 Å². The number of carbonyl (C=O) groups is 1. The number of aliphatic carboxylic acids is 1. The molecule has 82 valence electrons. The maximum absolute atomic E-state index is 11.0. The molecule has 0 bridgehead atoms. The first-order valence-electron chi connectivity index (χ1n) is 4.44. The molecule has 0 saturated carbocycles. The molecule has 1 atom stereocenters. The van der Waals surface area contributed by atoms with E-state index in [1.54, 1.807) is 13.0 Å². The summed E-state index contributed by atoms with van der Waals surface area (Å²) in [7, 11) is 0. The Morgan fingerprint density at radius 2 is 2.13 bits per heavy atom. The lowest BCUT2D eigenvalue weighted by Gasteiger charge is -2.14. The zero-order chi connectivity index (χ0) is 11.6. The maximum Gasteiger partial charge on any atom is 0.311 e. The van der Waals surface area contributed by atoms with Gasteiger partial charge in [-0.1, -0.05) is 30.1 Å². The highest BCUT2D eigenvalue weighted by Crippen LogP contribution is 2.33. The van der Waals surface area contributed by atoms with Crippen LogP contribution in [0.3, 0.4) is 0 Å². The van der Waals surface area contributed by atoms with Crippen molar-refractivity contribution in [3.63, 3.8) is 0 Å². The number of benzene rings is 1. The van der Waals surface area contributed by atoms with Crippen molar-refractivity contribution in [3.05, 3.63) is 27.7 Å². The zero-order valence-corrected chi connectivity index (χ0v) is 9.64. The Hall–Kier alpha value is -0.930. The first-order valence-corrected chi connectivity index (χ1v) is 5.20. The third-order valence-corrected chi connectivity index (χ3v) is 2.74. The van der Waals surface area contributed by atoms with Gasteiger partial charge in [-0.3, -0.25) is 4.79 Å². The van der Waals surface area contributed by atoms with E-state index in [0.717, 1.165) is 0 Å². The van der Waals surface area contributed by atoms with E-state index < -0.39 is 11.9 Å². The maximum atomic E-state index is 11.0. The molecule has 1 unspecified atom stereocenters. The van der Waals surface area contributed by atoms with Crippen molar-refractivity contribution in [1.82, 2.24) is 0 Å². The van der Waals surface area contributed by atoms with Crippen molar-refractivity contribution in [1.29, 1.82) is 0 Å². The minimum absolute atomic E-state index is 0.287. The summed E-state index contributed by atoms with van der Waals surface area (Å²) in [5.74, 6) is -1.59. The van der Waals surface area contributed by atoms with E-state index in [9.17, 15) is 4.79 Å². The smallest absolute Gasteiger partial charge is 0.311 e.